The molecule has 0 saturated carbocycles. The van der Waals surface area contributed by atoms with E-state index in [9.17, 15) is 9.59 Å². The topological polar surface area (TPSA) is 56.0 Å². The van der Waals surface area contributed by atoms with Gasteiger partial charge in [-0.3, -0.25) is 14.6 Å². The lowest BCUT2D eigenvalue weighted by atomic mass is 10.1. The normalized spacial score (nSPS) is 20.1. The van der Waals surface area contributed by atoms with E-state index in [2.05, 4.69) is 23.7 Å². The second-order valence-corrected chi connectivity index (χ2v) is 7.20. The maximum absolute atomic E-state index is 12.7. The van der Waals surface area contributed by atoms with Crippen LogP contribution in [0.25, 0.3) is 0 Å². The average molecular weight is 357 g/mol. The van der Waals surface area contributed by atoms with Crippen LogP contribution in [-0.2, 0) is 10.5 Å². The van der Waals surface area contributed by atoms with Crippen molar-refractivity contribution in [1.82, 2.24) is 9.80 Å². The molecule has 0 aromatic heterocycles. The van der Waals surface area contributed by atoms with Gasteiger partial charge in [0.05, 0.1) is 0 Å². The molecule has 0 radical (unpaired) electrons. The lowest BCUT2D eigenvalue weighted by Gasteiger charge is -2.30. The molecule has 7 heteroatoms. The summed E-state index contributed by atoms with van der Waals surface area (Å²) in [7, 11) is 3.16. The number of urea groups is 1. The predicted molar refractivity (Wildman–Crippen MR) is 99.8 cm³/mol. The van der Waals surface area contributed by atoms with Crippen LogP contribution in [0.1, 0.15) is 12.5 Å². The summed E-state index contributed by atoms with van der Waals surface area (Å²) in [5.74, 6) is 0.983. The van der Waals surface area contributed by atoms with Crippen LogP contribution in [0.2, 0.25) is 0 Å². The number of hydrogen-bond acceptors (Lipinski definition) is 4. The Hall–Kier alpha value is -2.41. The van der Waals surface area contributed by atoms with E-state index in [-0.39, 0.29) is 11.9 Å². The number of amides is 3. The maximum Gasteiger partial charge on any atom is 0.358 e. The molecule has 0 N–H and O–H groups in total. The first-order valence-electron chi connectivity index (χ1n) is 7.98. The number of rotatable bonds is 4. The molecule has 1 unspecified atom stereocenters. The summed E-state index contributed by atoms with van der Waals surface area (Å²) in [6, 6.07) is 9.16. The number of carbonyl (C=O) groups excluding carboxylic acids is 2. The third-order valence-electron chi connectivity index (χ3n) is 4.15. The molecule has 1 aromatic rings. The van der Waals surface area contributed by atoms with Crippen LogP contribution < -0.4 is 0 Å². The Morgan fingerprint density at radius 2 is 1.92 bits per heavy atom. The van der Waals surface area contributed by atoms with E-state index < -0.39 is 6.04 Å². The Morgan fingerprint density at radius 3 is 2.56 bits per heavy atom. The van der Waals surface area contributed by atoms with E-state index >= 15 is 0 Å². The summed E-state index contributed by atoms with van der Waals surface area (Å²) in [6.07, 6.45) is 0. The monoisotopic (exact) mass is 357 g/mol. The average Bonchev–Trinajstić information content (AvgIpc) is 2.95. The first-order valence-corrected chi connectivity index (χ1v) is 8.97. The standard InChI is InChI=1S/C18H21N4O2S/c1-12(2)10-22-14-15(20(3)18(24)21(4)16(14)23)19-17(22)25-11-13-8-6-5-7-9-13/h5-9,14H,1,10-11H2,2-4H3/q+1. The van der Waals surface area contributed by atoms with Crippen molar-refractivity contribution in [1.29, 1.82) is 0 Å². The van der Waals surface area contributed by atoms with Crippen molar-refractivity contribution >= 4 is 34.7 Å². The molecule has 6 nitrogen and oxygen atoms in total. The third kappa shape index (κ3) is 3.24. The van der Waals surface area contributed by atoms with Crippen molar-refractivity contribution in [3.8, 4) is 0 Å². The van der Waals surface area contributed by atoms with Crippen molar-refractivity contribution in [2.24, 2.45) is 4.99 Å². The lowest BCUT2D eigenvalue weighted by molar-refractivity contribution is -0.524. The van der Waals surface area contributed by atoms with Gasteiger partial charge in [-0.2, -0.15) is 0 Å². The number of imide groups is 1. The minimum Gasteiger partial charge on any atom is -0.269 e. The zero-order chi connectivity index (χ0) is 18.1. The van der Waals surface area contributed by atoms with Gasteiger partial charge in [0.2, 0.25) is 0 Å². The van der Waals surface area contributed by atoms with Crippen molar-refractivity contribution in [2.75, 3.05) is 20.6 Å². The molecule has 1 saturated heterocycles. The van der Waals surface area contributed by atoms with Crippen LogP contribution in [-0.4, -0.2) is 64.0 Å². The molecule has 130 valence electrons. The molecule has 1 aromatic carbocycles. The fourth-order valence-electron chi connectivity index (χ4n) is 2.86. The molecule has 1 atom stereocenters. The largest absolute Gasteiger partial charge is 0.358 e. The van der Waals surface area contributed by atoms with Crippen molar-refractivity contribution in [2.45, 2.75) is 18.7 Å². The molecule has 2 aliphatic rings. The van der Waals surface area contributed by atoms with Gasteiger partial charge < -0.3 is 0 Å². The lowest BCUT2D eigenvalue weighted by Crippen LogP contribution is -2.61. The third-order valence-corrected chi connectivity index (χ3v) is 5.21. The Labute approximate surface area is 151 Å². The first-order chi connectivity index (χ1) is 11.9. The van der Waals surface area contributed by atoms with E-state index in [1.807, 2.05) is 29.7 Å². The highest BCUT2D eigenvalue weighted by Crippen LogP contribution is 2.25. The molecule has 2 aliphatic heterocycles. The molecule has 0 spiro atoms. The van der Waals surface area contributed by atoms with E-state index in [0.717, 1.165) is 21.4 Å². The molecule has 2 heterocycles. The predicted octanol–water partition coefficient (Wildman–Crippen LogP) is 2.17. The zero-order valence-electron chi connectivity index (χ0n) is 14.6. The fourth-order valence-corrected chi connectivity index (χ4v) is 3.85. The highest BCUT2D eigenvalue weighted by Gasteiger charge is 2.53. The Kier molecular flexibility index (Phi) is 4.76. The molecule has 1 fully saturated rings. The quantitative estimate of drug-likeness (QED) is 0.613. The van der Waals surface area contributed by atoms with Gasteiger partial charge in [-0.1, -0.05) is 36.9 Å². The summed E-state index contributed by atoms with van der Waals surface area (Å²) in [6.45, 7) is 6.41. The number of carbonyl (C=O) groups is 2. The molecule has 0 aliphatic carbocycles. The van der Waals surface area contributed by atoms with E-state index in [0.29, 0.717) is 12.4 Å². The maximum atomic E-state index is 12.7. The molecular formula is C18H21N4O2S+. The molecular weight excluding hydrogens is 336 g/mol. The fraction of sp³-hybridized carbons (Fsp3) is 0.333. The van der Waals surface area contributed by atoms with Crippen molar-refractivity contribution in [3.63, 3.8) is 0 Å². The van der Waals surface area contributed by atoms with Gasteiger partial charge in [0.1, 0.15) is 6.54 Å². The summed E-state index contributed by atoms with van der Waals surface area (Å²) < 4.78 is 1.94. The Morgan fingerprint density at radius 1 is 1.24 bits per heavy atom. The van der Waals surface area contributed by atoms with Gasteiger partial charge in [-0.25, -0.2) is 9.37 Å². The SMILES string of the molecule is C=C(C)C[N+]1=C(SCc2ccccc2)N=C2C1C(=O)N(C)C(=O)N2C. The highest BCUT2D eigenvalue weighted by molar-refractivity contribution is 8.13. The van der Waals surface area contributed by atoms with E-state index in [1.165, 1.54) is 17.5 Å². The van der Waals surface area contributed by atoms with Crippen LogP contribution in [0.3, 0.4) is 0 Å². The summed E-state index contributed by atoms with van der Waals surface area (Å²) in [5, 5.41) is 0.746. The zero-order valence-corrected chi connectivity index (χ0v) is 15.4. The number of likely N-dealkylation sites (N-methyl/N-ethyl adjacent to an activating group) is 2. The van der Waals surface area contributed by atoms with E-state index in [1.54, 1.807) is 18.8 Å². The number of thioether (sulfide) groups is 1. The van der Waals surface area contributed by atoms with Crippen molar-refractivity contribution in [3.05, 3.63) is 48.0 Å². The Bertz CT molecular complexity index is 801. The molecule has 3 rings (SSSR count). The number of benzene rings is 1. The van der Waals surface area contributed by atoms with Gasteiger partial charge in [0.15, 0.2) is 0 Å². The number of fused-ring (bicyclic) bond motifs is 1. The number of hydrogen-bond donors (Lipinski definition) is 0. The van der Waals surface area contributed by atoms with Gasteiger partial charge in [0, 0.05) is 19.8 Å². The minimum absolute atomic E-state index is 0.251. The van der Waals surface area contributed by atoms with Gasteiger partial charge >= 0.3 is 11.2 Å². The summed E-state index contributed by atoms with van der Waals surface area (Å²) in [5.41, 5.74) is 2.11. The second kappa shape index (κ2) is 6.84. The molecule has 0 bridgehead atoms. The minimum atomic E-state index is -0.567. The molecule has 3 amide bonds. The second-order valence-electron chi connectivity index (χ2n) is 6.25. The first kappa shape index (κ1) is 17.4. The Balaban J connectivity index is 1.93. The number of amidine groups is 2. The van der Waals surface area contributed by atoms with Gasteiger partial charge in [-0.15, -0.1) is 0 Å². The smallest absolute Gasteiger partial charge is 0.269 e. The van der Waals surface area contributed by atoms with Crippen LogP contribution in [0, 0.1) is 0 Å². The van der Waals surface area contributed by atoms with Crippen molar-refractivity contribution < 1.29 is 14.2 Å². The van der Waals surface area contributed by atoms with Crippen LogP contribution in [0.4, 0.5) is 4.79 Å². The van der Waals surface area contributed by atoms with Crippen LogP contribution >= 0.6 is 11.8 Å². The van der Waals surface area contributed by atoms with Gasteiger partial charge in [-0.05, 0) is 34.8 Å². The summed E-state index contributed by atoms with van der Waals surface area (Å²) in [4.78, 5) is 32.1. The molecule has 25 heavy (non-hydrogen) atoms. The van der Waals surface area contributed by atoms with Crippen LogP contribution in [0.5, 0.6) is 0 Å². The van der Waals surface area contributed by atoms with Gasteiger partial charge in [0.25, 0.3) is 17.8 Å². The van der Waals surface area contributed by atoms with Crippen LogP contribution in [0.15, 0.2) is 47.5 Å². The van der Waals surface area contributed by atoms with E-state index in [4.69, 9.17) is 0 Å². The number of aliphatic imine (C=N–C) groups is 1. The summed E-state index contributed by atoms with van der Waals surface area (Å²) >= 11 is 1.57. The number of nitrogens with zero attached hydrogens (tertiary/aromatic N) is 4. The highest BCUT2D eigenvalue weighted by atomic mass is 32.2.